The third-order valence-corrected chi connectivity index (χ3v) is 4.76. The fourth-order valence-corrected chi connectivity index (χ4v) is 3.01. The Labute approximate surface area is 189 Å². The summed E-state index contributed by atoms with van der Waals surface area (Å²) in [5, 5.41) is 13.3. The number of ether oxygens (including phenoxy) is 3. The average Bonchev–Trinajstić information content (AvgIpc) is 2.81. The molecule has 0 spiro atoms. The number of carbonyl (C=O) groups excluding carboxylic acids is 1. The van der Waals surface area contributed by atoms with Crippen molar-refractivity contribution in [2.75, 3.05) is 25.6 Å². The zero-order chi connectivity index (χ0) is 23.8. The van der Waals surface area contributed by atoms with E-state index in [-0.39, 0.29) is 23.5 Å². The second-order valence-electron chi connectivity index (χ2n) is 6.95. The zero-order valence-corrected chi connectivity index (χ0v) is 18.1. The highest BCUT2D eigenvalue weighted by Gasteiger charge is 2.12. The van der Waals surface area contributed by atoms with E-state index in [9.17, 15) is 19.7 Å². The second kappa shape index (κ2) is 10.8. The number of nitro groups is 1. The van der Waals surface area contributed by atoms with Crippen LogP contribution in [-0.4, -0.2) is 35.7 Å². The van der Waals surface area contributed by atoms with Gasteiger partial charge in [0, 0.05) is 30.1 Å². The number of benzene rings is 2. The third-order valence-electron chi connectivity index (χ3n) is 4.76. The summed E-state index contributed by atoms with van der Waals surface area (Å²) in [7, 11) is 1.59. The van der Waals surface area contributed by atoms with Crippen molar-refractivity contribution in [2.45, 2.75) is 13.5 Å². The molecule has 0 bridgehead atoms. The van der Waals surface area contributed by atoms with E-state index in [0.717, 1.165) is 5.75 Å². The number of hydrogen-bond donors (Lipinski definition) is 1. The van der Waals surface area contributed by atoms with E-state index < -0.39 is 10.8 Å². The number of methoxy groups -OCH3 is 1. The van der Waals surface area contributed by atoms with Gasteiger partial charge in [0.15, 0.2) is 12.4 Å². The Kier molecular flexibility index (Phi) is 7.64. The molecule has 0 aliphatic rings. The minimum absolute atomic E-state index is 0.0702. The Balaban J connectivity index is 1.56. The van der Waals surface area contributed by atoms with Gasteiger partial charge in [0.05, 0.1) is 24.3 Å². The summed E-state index contributed by atoms with van der Waals surface area (Å²) in [4.78, 5) is 34.6. The number of aromatic nitrogens is 1. The molecule has 3 aromatic rings. The number of carbonyl (C=O) groups is 1. The van der Waals surface area contributed by atoms with Crippen LogP contribution < -0.4 is 25.0 Å². The van der Waals surface area contributed by atoms with E-state index in [1.165, 1.54) is 30.3 Å². The van der Waals surface area contributed by atoms with Crippen LogP contribution in [0.5, 0.6) is 17.2 Å². The topological polar surface area (TPSA) is 122 Å². The van der Waals surface area contributed by atoms with E-state index in [1.807, 2.05) is 0 Å². The van der Waals surface area contributed by atoms with Crippen LogP contribution in [0, 0.1) is 17.0 Å². The number of pyridine rings is 1. The number of nitrogens with one attached hydrogen (secondary N) is 1. The van der Waals surface area contributed by atoms with Crippen LogP contribution >= 0.6 is 0 Å². The molecule has 0 saturated carbocycles. The van der Waals surface area contributed by atoms with Gasteiger partial charge in [0.2, 0.25) is 5.43 Å². The Bertz CT molecular complexity index is 1170. The molecule has 0 fully saturated rings. The van der Waals surface area contributed by atoms with Gasteiger partial charge in [-0.1, -0.05) is 0 Å². The lowest BCUT2D eigenvalue weighted by Gasteiger charge is -2.15. The molecule has 10 nitrogen and oxygen atoms in total. The highest BCUT2D eigenvalue weighted by atomic mass is 16.6. The number of nitro benzene ring substituents is 1. The van der Waals surface area contributed by atoms with Gasteiger partial charge >= 0.3 is 0 Å². The average molecular weight is 453 g/mol. The van der Waals surface area contributed by atoms with E-state index in [4.69, 9.17) is 14.2 Å². The van der Waals surface area contributed by atoms with Crippen molar-refractivity contribution in [1.82, 2.24) is 4.57 Å². The van der Waals surface area contributed by atoms with Gasteiger partial charge in [-0.2, -0.15) is 0 Å². The van der Waals surface area contributed by atoms with Crippen molar-refractivity contribution in [3.8, 4) is 17.2 Å². The monoisotopic (exact) mass is 453 g/mol. The van der Waals surface area contributed by atoms with E-state index in [0.29, 0.717) is 30.3 Å². The van der Waals surface area contributed by atoms with Gasteiger partial charge in [-0.05, 0) is 43.3 Å². The molecule has 0 aliphatic heterocycles. The van der Waals surface area contributed by atoms with E-state index in [1.54, 1.807) is 49.1 Å². The van der Waals surface area contributed by atoms with Crippen molar-refractivity contribution in [3.63, 3.8) is 0 Å². The quantitative estimate of drug-likeness (QED) is 0.370. The summed E-state index contributed by atoms with van der Waals surface area (Å²) in [6.07, 6.45) is 1.64. The van der Waals surface area contributed by atoms with Gasteiger partial charge < -0.3 is 24.1 Å². The Morgan fingerprint density at radius 3 is 2.33 bits per heavy atom. The predicted octanol–water partition coefficient (Wildman–Crippen LogP) is 3.17. The second-order valence-corrected chi connectivity index (χ2v) is 6.95. The molecule has 1 amide bonds. The van der Waals surface area contributed by atoms with Crippen molar-refractivity contribution in [1.29, 1.82) is 0 Å². The lowest BCUT2D eigenvalue weighted by molar-refractivity contribution is -0.384. The third kappa shape index (κ3) is 6.33. The molecular formula is C23H23N3O7. The molecule has 0 atom stereocenters. The zero-order valence-electron chi connectivity index (χ0n) is 18.1. The molecule has 0 saturated heterocycles. The molecule has 1 aromatic heterocycles. The normalized spacial score (nSPS) is 10.4. The van der Waals surface area contributed by atoms with Crippen molar-refractivity contribution in [3.05, 3.63) is 86.8 Å². The van der Waals surface area contributed by atoms with Crippen LogP contribution in [0.15, 0.2) is 65.6 Å². The smallest absolute Gasteiger partial charge is 0.269 e. The van der Waals surface area contributed by atoms with Gasteiger partial charge in [-0.3, -0.25) is 19.7 Å². The largest absolute Gasteiger partial charge is 0.497 e. The van der Waals surface area contributed by atoms with Gasteiger partial charge in [0.25, 0.3) is 11.6 Å². The van der Waals surface area contributed by atoms with Crippen molar-refractivity contribution >= 4 is 17.3 Å². The molecule has 2 aromatic carbocycles. The summed E-state index contributed by atoms with van der Waals surface area (Å²) < 4.78 is 18.1. The maximum absolute atomic E-state index is 12.2. The first kappa shape index (κ1) is 23.3. The molecule has 10 heteroatoms. The number of amides is 1. The highest BCUT2D eigenvalue weighted by molar-refractivity contribution is 5.91. The van der Waals surface area contributed by atoms with Crippen LogP contribution in [0.3, 0.4) is 0 Å². The minimum atomic E-state index is -0.528. The predicted molar refractivity (Wildman–Crippen MR) is 121 cm³/mol. The van der Waals surface area contributed by atoms with E-state index in [2.05, 4.69) is 5.32 Å². The van der Waals surface area contributed by atoms with Crippen LogP contribution in [0.4, 0.5) is 11.4 Å². The fraction of sp³-hybridized carbons (Fsp3) is 0.217. The molecule has 0 unspecified atom stereocenters. The number of non-ortho nitro benzene ring substituents is 1. The molecular weight excluding hydrogens is 430 g/mol. The lowest BCUT2D eigenvalue weighted by Crippen LogP contribution is -2.24. The molecule has 0 aliphatic carbocycles. The first-order chi connectivity index (χ1) is 15.9. The summed E-state index contributed by atoms with van der Waals surface area (Å²) in [6.45, 7) is 2.15. The summed E-state index contributed by atoms with van der Waals surface area (Å²) in [5.41, 5.74) is 0.514. The summed E-state index contributed by atoms with van der Waals surface area (Å²) >= 11 is 0. The Morgan fingerprint density at radius 1 is 1.03 bits per heavy atom. The first-order valence-electron chi connectivity index (χ1n) is 10.0. The van der Waals surface area contributed by atoms with Crippen LogP contribution in [0.25, 0.3) is 0 Å². The number of hydrogen-bond acceptors (Lipinski definition) is 7. The van der Waals surface area contributed by atoms with Crippen LogP contribution in [0.1, 0.15) is 5.69 Å². The SMILES string of the molecule is COc1ccc(OCCn2ccc(=O)c(OCC(=O)Nc3ccc([N+](=O)[O-])cc3)c2C)cc1. The molecule has 1 N–H and O–H groups in total. The van der Waals surface area contributed by atoms with Gasteiger partial charge in [-0.15, -0.1) is 0 Å². The number of anilines is 1. The highest BCUT2D eigenvalue weighted by Crippen LogP contribution is 2.18. The molecule has 33 heavy (non-hydrogen) atoms. The number of rotatable bonds is 10. The molecule has 172 valence electrons. The maximum Gasteiger partial charge on any atom is 0.269 e. The van der Waals surface area contributed by atoms with Gasteiger partial charge in [0.1, 0.15) is 18.1 Å². The van der Waals surface area contributed by atoms with Crippen LogP contribution in [0.2, 0.25) is 0 Å². The standard InChI is InChI=1S/C23H23N3O7/c1-16-23(33-15-22(28)24-17-3-5-18(6-4-17)26(29)30)21(27)11-12-25(16)13-14-32-20-9-7-19(31-2)8-10-20/h3-12H,13-15H2,1-2H3,(H,24,28). The minimum Gasteiger partial charge on any atom is -0.497 e. The molecule has 3 rings (SSSR count). The molecule has 1 heterocycles. The summed E-state index contributed by atoms with van der Waals surface area (Å²) in [5.74, 6) is 0.994. The van der Waals surface area contributed by atoms with Gasteiger partial charge in [-0.25, -0.2) is 0 Å². The Hall–Kier alpha value is -4.34. The van der Waals surface area contributed by atoms with Crippen molar-refractivity contribution < 1.29 is 23.9 Å². The lowest BCUT2D eigenvalue weighted by atomic mass is 10.3. The Morgan fingerprint density at radius 2 is 1.70 bits per heavy atom. The molecule has 0 radical (unpaired) electrons. The maximum atomic E-state index is 12.2. The fourth-order valence-electron chi connectivity index (χ4n) is 3.01. The first-order valence-corrected chi connectivity index (χ1v) is 10.0. The van der Waals surface area contributed by atoms with E-state index >= 15 is 0 Å². The summed E-state index contributed by atoms with van der Waals surface area (Å²) in [6, 6.07) is 14.0. The van der Waals surface area contributed by atoms with Crippen LogP contribution in [-0.2, 0) is 11.3 Å². The number of nitrogens with zero attached hydrogens (tertiary/aromatic N) is 2. The van der Waals surface area contributed by atoms with Crippen molar-refractivity contribution in [2.24, 2.45) is 0 Å².